The molecule has 0 saturated carbocycles. The molecule has 0 aromatic heterocycles. The summed E-state index contributed by atoms with van der Waals surface area (Å²) in [6.45, 7) is 10.4. The van der Waals surface area contributed by atoms with Crippen molar-refractivity contribution in [2.45, 2.75) is 65.0 Å². The normalized spacial score (nSPS) is 16.9. The number of halogens is 1. The first-order valence-corrected chi connectivity index (χ1v) is 9.49. The maximum Gasteiger partial charge on any atom is 0.410 e. The number of hydrogen-bond donors (Lipinski definition) is 1. The monoisotopic (exact) mass is 380 g/mol. The van der Waals surface area contributed by atoms with Crippen LogP contribution in [0.4, 0.5) is 4.79 Å². The number of nitrogens with zero attached hydrogens (tertiary/aromatic N) is 1. The second-order valence-electron chi connectivity index (χ2n) is 7.94. The molecule has 6 heteroatoms. The van der Waals surface area contributed by atoms with Crippen LogP contribution in [0.2, 0.25) is 5.02 Å². The number of carbonyl (C=O) groups is 2. The van der Waals surface area contributed by atoms with Crippen LogP contribution in [0.3, 0.4) is 0 Å². The number of hydrogen-bond acceptors (Lipinski definition) is 3. The van der Waals surface area contributed by atoms with Crippen molar-refractivity contribution in [2.75, 3.05) is 13.1 Å². The van der Waals surface area contributed by atoms with Crippen molar-refractivity contribution in [2.24, 2.45) is 0 Å². The molecule has 1 saturated heterocycles. The predicted octanol–water partition coefficient (Wildman–Crippen LogP) is 4.65. The van der Waals surface area contributed by atoms with Crippen molar-refractivity contribution in [3.05, 3.63) is 34.3 Å². The fraction of sp³-hybridized carbons (Fsp3) is 0.600. The fourth-order valence-corrected chi connectivity index (χ4v) is 3.56. The smallest absolute Gasteiger partial charge is 0.410 e. The molecule has 5 nitrogen and oxygen atoms in total. The van der Waals surface area contributed by atoms with Crippen molar-refractivity contribution >= 4 is 23.6 Å². The summed E-state index contributed by atoms with van der Waals surface area (Å²) in [5.41, 5.74) is 1.76. The number of piperidine rings is 1. The minimum atomic E-state index is -0.481. The molecule has 1 heterocycles. The van der Waals surface area contributed by atoms with Gasteiger partial charge in [0.25, 0.3) is 0 Å². The van der Waals surface area contributed by atoms with Gasteiger partial charge in [-0.1, -0.05) is 17.7 Å². The van der Waals surface area contributed by atoms with Crippen LogP contribution in [-0.4, -0.2) is 35.6 Å². The van der Waals surface area contributed by atoms with E-state index >= 15 is 0 Å². The Morgan fingerprint density at radius 2 is 1.88 bits per heavy atom. The molecule has 1 aromatic rings. The zero-order chi connectivity index (χ0) is 19.5. The summed E-state index contributed by atoms with van der Waals surface area (Å²) in [7, 11) is 0. The Hall–Kier alpha value is -1.75. The third kappa shape index (κ3) is 5.63. The number of amides is 2. The van der Waals surface area contributed by atoms with Crippen molar-refractivity contribution in [3.63, 3.8) is 0 Å². The van der Waals surface area contributed by atoms with Crippen molar-refractivity contribution in [1.29, 1.82) is 0 Å². The SMILES string of the molecule is CC(=O)N[C@@H](C)c1cc(Cl)ccc1C1CCN(C(=O)OC(C)(C)C)CC1. The second-order valence-corrected chi connectivity index (χ2v) is 8.37. The highest BCUT2D eigenvalue weighted by molar-refractivity contribution is 6.30. The summed E-state index contributed by atoms with van der Waals surface area (Å²) in [4.78, 5) is 25.4. The maximum atomic E-state index is 12.2. The van der Waals surface area contributed by atoms with Gasteiger partial charge in [0.15, 0.2) is 0 Å². The third-order valence-corrected chi connectivity index (χ3v) is 4.76. The van der Waals surface area contributed by atoms with Gasteiger partial charge in [-0.2, -0.15) is 0 Å². The zero-order valence-corrected chi connectivity index (χ0v) is 17.0. The molecule has 2 amide bonds. The molecule has 0 bridgehead atoms. The van der Waals surface area contributed by atoms with Gasteiger partial charge < -0.3 is 15.0 Å². The molecule has 1 N–H and O–H groups in total. The lowest BCUT2D eigenvalue weighted by atomic mass is 9.85. The number of likely N-dealkylation sites (tertiary alicyclic amines) is 1. The van der Waals surface area contributed by atoms with Gasteiger partial charge in [0.05, 0.1) is 6.04 Å². The standard InChI is InChI=1S/C20H29ClN2O3/c1-13(22-14(2)24)18-12-16(21)6-7-17(18)15-8-10-23(11-9-15)19(25)26-20(3,4)5/h6-7,12-13,15H,8-11H2,1-5H3,(H,22,24)/t13-/m0/s1. The van der Waals surface area contributed by atoms with E-state index in [0.29, 0.717) is 24.0 Å². The molecule has 0 aliphatic carbocycles. The molecule has 1 aromatic carbocycles. The average molecular weight is 381 g/mol. The van der Waals surface area contributed by atoms with Crippen molar-refractivity contribution in [3.8, 4) is 0 Å². The second kappa shape index (κ2) is 8.30. The molecule has 0 radical (unpaired) electrons. The molecule has 2 rings (SSSR count). The molecular weight excluding hydrogens is 352 g/mol. The summed E-state index contributed by atoms with van der Waals surface area (Å²) in [5, 5.41) is 3.60. The Balaban J connectivity index is 2.09. The molecule has 1 aliphatic heterocycles. The van der Waals surface area contributed by atoms with E-state index in [-0.39, 0.29) is 18.0 Å². The van der Waals surface area contributed by atoms with Gasteiger partial charge in [0.2, 0.25) is 5.91 Å². The highest BCUT2D eigenvalue weighted by Gasteiger charge is 2.29. The van der Waals surface area contributed by atoms with Gasteiger partial charge in [0.1, 0.15) is 5.60 Å². The van der Waals surface area contributed by atoms with Crippen LogP contribution in [0.15, 0.2) is 18.2 Å². The van der Waals surface area contributed by atoms with Crippen LogP contribution >= 0.6 is 11.6 Å². The molecule has 26 heavy (non-hydrogen) atoms. The largest absolute Gasteiger partial charge is 0.444 e. The number of carbonyl (C=O) groups excluding carboxylic acids is 2. The van der Waals surface area contributed by atoms with E-state index in [1.54, 1.807) is 4.90 Å². The van der Waals surface area contributed by atoms with Crippen LogP contribution < -0.4 is 5.32 Å². The first-order chi connectivity index (χ1) is 12.1. The highest BCUT2D eigenvalue weighted by atomic mass is 35.5. The number of nitrogens with one attached hydrogen (secondary N) is 1. The van der Waals surface area contributed by atoms with E-state index in [1.165, 1.54) is 12.5 Å². The van der Waals surface area contributed by atoms with Gasteiger partial charge >= 0.3 is 6.09 Å². The Kier molecular flexibility index (Phi) is 6.56. The number of rotatable bonds is 3. The number of benzene rings is 1. The minimum Gasteiger partial charge on any atom is -0.444 e. The molecular formula is C20H29ClN2O3. The Morgan fingerprint density at radius 3 is 2.42 bits per heavy atom. The van der Waals surface area contributed by atoms with Crippen LogP contribution in [0, 0.1) is 0 Å². The quantitative estimate of drug-likeness (QED) is 0.830. The van der Waals surface area contributed by atoms with Crippen LogP contribution in [-0.2, 0) is 9.53 Å². The third-order valence-electron chi connectivity index (χ3n) is 4.52. The molecule has 1 fully saturated rings. The van der Waals surface area contributed by atoms with Crippen LogP contribution in [0.25, 0.3) is 0 Å². The van der Waals surface area contributed by atoms with Gasteiger partial charge in [0, 0.05) is 25.0 Å². The fourth-order valence-electron chi connectivity index (χ4n) is 3.37. The average Bonchev–Trinajstić information content (AvgIpc) is 2.52. The Morgan fingerprint density at radius 1 is 1.27 bits per heavy atom. The van der Waals surface area contributed by atoms with E-state index in [9.17, 15) is 9.59 Å². The van der Waals surface area contributed by atoms with Crippen LogP contribution in [0.5, 0.6) is 0 Å². The Labute approximate surface area is 161 Å². The van der Waals surface area contributed by atoms with Gasteiger partial charge in [-0.25, -0.2) is 4.79 Å². The summed E-state index contributed by atoms with van der Waals surface area (Å²) in [5.74, 6) is 0.264. The molecule has 1 atom stereocenters. The summed E-state index contributed by atoms with van der Waals surface area (Å²) in [6, 6.07) is 5.76. The summed E-state index contributed by atoms with van der Waals surface area (Å²) >= 11 is 6.18. The van der Waals surface area contributed by atoms with Gasteiger partial charge in [-0.15, -0.1) is 0 Å². The molecule has 0 spiro atoms. The predicted molar refractivity (Wildman–Crippen MR) is 103 cm³/mol. The topological polar surface area (TPSA) is 58.6 Å². The van der Waals surface area contributed by atoms with E-state index in [1.807, 2.05) is 45.9 Å². The number of ether oxygens (including phenoxy) is 1. The maximum absolute atomic E-state index is 12.2. The van der Waals surface area contributed by atoms with E-state index in [0.717, 1.165) is 18.4 Å². The molecule has 0 unspecified atom stereocenters. The van der Waals surface area contributed by atoms with Crippen molar-refractivity contribution in [1.82, 2.24) is 10.2 Å². The van der Waals surface area contributed by atoms with E-state index < -0.39 is 5.60 Å². The van der Waals surface area contributed by atoms with E-state index in [4.69, 9.17) is 16.3 Å². The zero-order valence-electron chi connectivity index (χ0n) is 16.3. The summed E-state index contributed by atoms with van der Waals surface area (Å²) in [6.07, 6.45) is 1.47. The first kappa shape index (κ1) is 20.6. The lowest BCUT2D eigenvalue weighted by molar-refractivity contribution is -0.119. The molecule has 144 valence electrons. The first-order valence-electron chi connectivity index (χ1n) is 9.11. The lowest BCUT2D eigenvalue weighted by Crippen LogP contribution is -2.41. The molecule has 1 aliphatic rings. The van der Waals surface area contributed by atoms with E-state index in [2.05, 4.69) is 5.32 Å². The van der Waals surface area contributed by atoms with Gasteiger partial charge in [-0.05, 0) is 69.7 Å². The lowest BCUT2D eigenvalue weighted by Gasteiger charge is -2.34. The van der Waals surface area contributed by atoms with Crippen molar-refractivity contribution < 1.29 is 14.3 Å². The Bertz CT molecular complexity index is 662. The minimum absolute atomic E-state index is 0.0665. The van der Waals surface area contributed by atoms with Gasteiger partial charge in [-0.3, -0.25) is 4.79 Å². The highest BCUT2D eigenvalue weighted by Crippen LogP contribution is 2.34. The van der Waals surface area contributed by atoms with Crippen LogP contribution in [0.1, 0.15) is 70.5 Å². The summed E-state index contributed by atoms with van der Waals surface area (Å²) < 4.78 is 5.46.